The Morgan fingerprint density at radius 3 is 2.29 bits per heavy atom. The first-order valence-corrected chi connectivity index (χ1v) is 6.17. The highest BCUT2D eigenvalue weighted by Crippen LogP contribution is 2.27. The summed E-state index contributed by atoms with van der Waals surface area (Å²) in [5.41, 5.74) is 1.01. The lowest BCUT2D eigenvalue weighted by Gasteiger charge is -2.07. The van der Waals surface area contributed by atoms with Gasteiger partial charge >= 0.3 is 5.97 Å². The summed E-state index contributed by atoms with van der Waals surface area (Å²) >= 11 is 0. The second-order valence-corrected chi connectivity index (χ2v) is 4.29. The van der Waals surface area contributed by atoms with E-state index in [0.29, 0.717) is 16.7 Å². The summed E-state index contributed by atoms with van der Waals surface area (Å²) in [4.78, 5) is 23.9. The largest absolute Gasteiger partial charge is 0.504 e. The van der Waals surface area contributed by atoms with Gasteiger partial charge in [0, 0.05) is 11.1 Å². The molecular weight excluding hydrogens is 272 g/mol. The number of carbonyl (C=O) groups is 2. The maximum Gasteiger partial charge on any atom is 0.337 e. The number of methoxy groups -OCH3 is 2. The van der Waals surface area contributed by atoms with Crippen LogP contribution in [0, 0.1) is 0 Å². The van der Waals surface area contributed by atoms with Crippen molar-refractivity contribution in [2.24, 2.45) is 0 Å². The molecular formula is C16H14O5. The first kappa shape index (κ1) is 14.6. The zero-order chi connectivity index (χ0) is 15.4. The molecule has 0 saturated heterocycles. The van der Waals surface area contributed by atoms with Crippen LogP contribution in [0.2, 0.25) is 0 Å². The highest BCUT2D eigenvalue weighted by Gasteiger charge is 2.14. The highest BCUT2D eigenvalue weighted by molar-refractivity contribution is 6.10. The minimum Gasteiger partial charge on any atom is -0.504 e. The molecule has 21 heavy (non-hydrogen) atoms. The average molecular weight is 286 g/mol. The fourth-order valence-corrected chi connectivity index (χ4v) is 1.89. The number of carbonyl (C=O) groups excluding carboxylic acids is 2. The van der Waals surface area contributed by atoms with E-state index in [4.69, 9.17) is 4.74 Å². The second-order valence-electron chi connectivity index (χ2n) is 4.29. The van der Waals surface area contributed by atoms with Crippen molar-refractivity contribution >= 4 is 11.8 Å². The van der Waals surface area contributed by atoms with Crippen LogP contribution in [0.1, 0.15) is 26.3 Å². The number of ether oxygens (including phenoxy) is 2. The molecule has 108 valence electrons. The summed E-state index contributed by atoms with van der Waals surface area (Å²) in [5.74, 6) is -0.616. The van der Waals surface area contributed by atoms with Crippen molar-refractivity contribution in [1.29, 1.82) is 0 Å². The van der Waals surface area contributed by atoms with E-state index in [2.05, 4.69) is 4.74 Å². The monoisotopic (exact) mass is 286 g/mol. The molecule has 0 aliphatic carbocycles. The van der Waals surface area contributed by atoms with Gasteiger partial charge in [-0.2, -0.15) is 0 Å². The van der Waals surface area contributed by atoms with Gasteiger partial charge in [0.2, 0.25) is 0 Å². The maximum absolute atomic E-state index is 12.4. The van der Waals surface area contributed by atoms with E-state index in [0.717, 1.165) is 0 Å². The second kappa shape index (κ2) is 6.09. The summed E-state index contributed by atoms with van der Waals surface area (Å²) < 4.78 is 9.60. The molecule has 0 aliphatic rings. The Labute approximate surface area is 121 Å². The Balaban J connectivity index is 2.38. The molecule has 2 aromatic carbocycles. The van der Waals surface area contributed by atoms with Crippen LogP contribution >= 0.6 is 0 Å². The number of benzene rings is 2. The lowest BCUT2D eigenvalue weighted by molar-refractivity contribution is 0.0600. The van der Waals surface area contributed by atoms with Crippen LogP contribution in [-0.4, -0.2) is 31.1 Å². The third kappa shape index (κ3) is 3.02. The van der Waals surface area contributed by atoms with E-state index in [9.17, 15) is 14.7 Å². The highest BCUT2D eigenvalue weighted by atomic mass is 16.5. The topological polar surface area (TPSA) is 72.8 Å². The first-order chi connectivity index (χ1) is 10.1. The SMILES string of the molecule is COC(=O)c1cccc(C(=O)c2ccc(O)c(OC)c2)c1. The van der Waals surface area contributed by atoms with Crippen LogP contribution in [-0.2, 0) is 4.74 Å². The summed E-state index contributed by atoms with van der Waals surface area (Å²) in [5, 5.41) is 9.54. The molecule has 2 rings (SSSR count). The van der Waals surface area contributed by atoms with Crippen LogP contribution in [0.5, 0.6) is 11.5 Å². The van der Waals surface area contributed by atoms with E-state index in [-0.39, 0.29) is 17.3 Å². The number of esters is 1. The van der Waals surface area contributed by atoms with Crippen LogP contribution < -0.4 is 4.74 Å². The average Bonchev–Trinajstić information content (AvgIpc) is 2.54. The number of phenols is 1. The molecule has 0 bridgehead atoms. The Kier molecular flexibility index (Phi) is 4.23. The van der Waals surface area contributed by atoms with Gasteiger partial charge in [-0.3, -0.25) is 4.79 Å². The molecule has 0 spiro atoms. The predicted molar refractivity (Wildman–Crippen MR) is 75.9 cm³/mol. The fourth-order valence-electron chi connectivity index (χ4n) is 1.89. The first-order valence-electron chi connectivity index (χ1n) is 6.17. The van der Waals surface area contributed by atoms with Crippen LogP contribution in [0.4, 0.5) is 0 Å². The zero-order valence-corrected chi connectivity index (χ0v) is 11.6. The minimum absolute atomic E-state index is 0.0441. The van der Waals surface area contributed by atoms with E-state index in [1.165, 1.54) is 38.5 Å². The van der Waals surface area contributed by atoms with E-state index in [1.807, 2.05) is 0 Å². The Hall–Kier alpha value is -2.82. The van der Waals surface area contributed by atoms with Gasteiger partial charge in [0.1, 0.15) is 0 Å². The maximum atomic E-state index is 12.4. The molecule has 5 nitrogen and oxygen atoms in total. The van der Waals surface area contributed by atoms with E-state index >= 15 is 0 Å². The standard InChI is InChI=1S/C16H14O5/c1-20-14-9-11(6-7-13(14)17)15(18)10-4-3-5-12(8-10)16(19)21-2/h3-9,17H,1-2H3. The van der Waals surface area contributed by atoms with E-state index in [1.54, 1.807) is 18.2 Å². The molecule has 1 N–H and O–H groups in total. The molecule has 5 heteroatoms. The third-order valence-corrected chi connectivity index (χ3v) is 2.99. The van der Waals surface area contributed by atoms with Crippen molar-refractivity contribution in [3.8, 4) is 11.5 Å². The van der Waals surface area contributed by atoms with Crippen molar-refractivity contribution in [2.45, 2.75) is 0 Å². The number of phenolic OH excluding ortho intramolecular Hbond substituents is 1. The molecule has 0 heterocycles. The van der Waals surface area contributed by atoms with Gasteiger partial charge in [0.05, 0.1) is 19.8 Å². The molecule has 0 atom stereocenters. The molecule has 0 saturated carbocycles. The summed E-state index contributed by atoms with van der Waals surface area (Å²) in [6, 6.07) is 10.6. The summed E-state index contributed by atoms with van der Waals surface area (Å²) in [6.07, 6.45) is 0. The number of aromatic hydroxyl groups is 1. The normalized spacial score (nSPS) is 10.0. The van der Waals surface area contributed by atoms with Crippen molar-refractivity contribution in [2.75, 3.05) is 14.2 Å². The van der Waals surface area contributed by atoms with Crippen molar-refractivity contribution in [3.05, 3.63) is 59.2 Å². The zero-order valence-electron chi connectivity index (χ0n) is 11.6. The van der Waals surface area contributed by atoms with Gasteiger partial charge in [-0.15, -0.1) is 0 Å². The van der Waals surface area contributed by atoms with Crippen molar-refractivity contribution in [3.63, 3.8) is 0 Å². The number of rotatable bonds is 4. The van der Waals surface area contributed by atoms with Gasteiger partial charge in [0.25, 0.3) is 0 Å². The smallest absolute Gasteiger partial charge is 0.337 e. The van der Waals surface area contributed by atoms with Crippen molar-refractivity contribution < 1.29 is 24.2 Å². The number of hydrogen-bond acceptors (Lipinski definition) is 5. The van der Waals surface area contributed by atoms with Crippen LogP contribution in [0.25, 0.3) is 0 Å². The van der Waals surface area contributed by atoms with E-state index < -0.39 is 5.97 Å². The quantitative estimate of drug-likeness (QED) is 0.690. The lowest BCUT2D eigenvalue weighted by Crippen LogP contribution is -2.06. The molecule has 0 amide bonds. The minimum atomic E-state index is -0.507. The molecule has 0 unspecified atom stereocenters. The Bertz CT molecular complexity index is 691. The van der Waals surface area contributed by atoms with Crippen LogP contribution in [0.3, 0.4) is 0 Å². The molecule has 0 aliphatic heterocycles. The third-order valence-electron chi connectivity index (χ3n) is 2.99. The molecule has 0 radical (unpaired) electrons. The summed E-state index contributed by atoms with van der Waals surface area (Å²) in [6.45, 7) is 0. The Morgan fingerprint density at radius 1 is 0.952 bits per heavy atom. The summed E-state index contributed by atoms with van der Waals surface area (Å²) in [7, 11) is 2.68. The molecule has 2 aromatic rings. The van der Waals surface area contributed by atoms with Gasteiger partial charge in [-0.1, -0.05) is 12.1 Å². The van der Waals surface area contributed by atoms with Gasteiger partial charge in [0.15, 0.2) is 17.3 Å². The number of hydrogen-bond donors (Lipinski definition) is 1. The molecule has 0 aromatic heterocycles. The number of ketones is 1. The van der Waals surface area contributed by atoms with Gasteiger partial charge < -0.3 is 14.6 Å². The predicted octanol–water partition coefficient (Wildman–Crippen LogP) is 2.42. The molecule has 0 fully saturated rings. The van der Waals surface area contributed by atoms with Gasteiger partial charge in [-0.25, -0.2) is 4.79 Å². The van der Waals surface area contributed by atoms with Gasteiger partial charge in [-0.05, 0) is 30.3 Å². The Morgan fingerprint density at radius 2 is 1.62 bits per heavy atom. The van der Waals surface area contributed by atoms with Crippen molar-refractivity contribution in [1.82, 2.24) is 0 Å². The lowest BCUT2D eigenvalue weighted by atomic mass is 10.0. The fraction of sp³-hybridized carbons (Fsp3) is 0.125. The van der Waals surface area contributed by atoms with Crippen LogP contribution in [0.15, 0.2) is 42.5 Å².